The first-order valence-electron chi connectivity index (χ1n) is 10.4. The summed E-state index contributed by atoms with van der Waals surface area (Å²) in [7, 11) is 1.58. The maximum absolute atomic E-state index is 13.6. The molecule has 2 saturated heterocycles. The molecule has 9 heteroatoms. The van der Waals surface area contributed by atoms with Gasteiger partial charge in [-0.15, -0.1) is 0 Å². The number of aromatic amines is 1. The lowest BCUT2D eigenvalue weighted by molar-refractivity contribution is 0.0780. The molecule has 1 aromatic carbocycles. The molecule has 2 aromatic heterocycles. The van der Waals surface area contributed by atoms with E-state index in [-0.39, 0.29) is 5.91 Å². The van der Waals surface area contributed by atoms with E-state index >= 15 is 0 Å². The predicted molar refractivity (Wildman–Crippen MR) is 115 cm³/mol. The van der Waals surface area contributed by atoms with Crippen molar-refractivity contribution in [1.82, 2.24) is 30.3 Å². The predicted octanol–water partition coefficient (Wildman–Crippen LogP) is 2.10. The zero-order valence-electron chi connectivity index (χ0n) is 17.9. The standard InChI is InChI=1S/C22H25N7O2/c1-13-7-14(2)25-22(24-13)29-11-15-9-28(10-16(15)12-29)21(30)20-17(18-8-23-27-26-18)5-4-6-19(20)31-3/h4-8,15-16H,9-12H2,1-3H3,(H,23,26,27). The van der Waals surface area contributed by atoms with Gasteiger partial charge in [-0.2, -0.15) is 15.4 Å². The van der Waals surface area contributed by atoms with E-state index in [1.54, 1.807) is 13.3 Å². The fraction of sp³-hybridized carbons (Fsp3) is 0.409. The molecule has 0 spiro atoms. The Bertz CT molecular complexity index is 1080. The second-order valence-electron chi connectivity index (χ2n) is 8.32. The number of methoxy groups -OCH3 is 1. The number of ether oxygens (including phenoxy) is 1. The number of hydrogen-bond acceptors (Lipinski definition) is 7. The number of anilines is 1. The largest absolute Gasteiger partial charge is 0.496 e. The maximum atomic E-state index is 13.6. The summed E-state index contributed by atoms with van der Waals surface area (Å²) in [5, 5.41) is 10.7. The van der Waals surface area contributed by atoms with Crippen molar-refractivity contribution < 1.29 is 9.53 Å². The van der Waals surface area contributed by atoms with E-state index in [4.69, 9.17) is 4.74 Å². The molecule has 2 fully saturated rings. The second-order valence-corrected chi connectivity index (χ2v) is 8.32. The molecule has 0 radical (unpaired) electrons. The van der Waals surface area contributed by atoms with E-state index in [9.17, 15) is 4.79 Å². The van der Waals surface area contributed by atoms with Crippen LogP contribution < -0.4 is 9.64 Å². The van der Waals surface area contributed by atoms with Crippen LogP contribution in [-0.4, -0.2) is 69.5 Å². The van der Waals surface area contributed by atoms with Gasteiger partial charge in [0.25, 0.3) is 5.91 Å². The number of aromatic nitrogens is 5. The van der Waals surface area contributed by atoms with Crippen LogP contribution in [0, 0.1) is 25.7 Å². The van der Waals surface area contributed by atoms with Gasteiger partial charge in [0.05, 0.1) is 18.9 Å². The fourth-order valence-electron chi connectivity index (χ4n) is 4.80. The molecule has 0 aliphatic carbocycles. The Hall–Kier alpha value is -3.49. The summed E-state index contributed by atoms with van der Waals surface area (Å²) in [5.41, 5.74) is 3.84. The van der Waals surface area contributed by atoms with Gasteiger partial charge in [0.2, 0.25) is 5.95 Å². The second kappa shape index (κ2) is 7.64. The summed E-state index contributed by atoms with van der Waals surface area (Å²) in [6.45, 7) is 7.13. The Morgan fingerprint density at radius 2 is 1.81 bits per heavy atom. The lowest BCUT2D eigenvalue weighted by atomic mass is 10.0. The normalized spacial score (nSPS) is 20.2. The van der Waals surface area contributed by atoms with Gasteiger partial charge in [0.1, 0.15) is 11.4 Å². The van der Waals surface area contributed by atoms with Gasteiger partial charge in [-0.1, -0.05) is 12.1 Å². The maximum Gasteiger partial charge on any atom is 0.258 e. The van der Waals surface area contributed by atoms with E-state index in [1.165, 1.54) is 0 Å². The van der Waals surface area contributed by atoms with Crippen LogP contribution in [0.5, 0.6) is 5.75 Å². The van der Waals surface area contributed by atoms with Crippen LogP contribution in [-0.2, 0) is 0 Å². The molecule has 9 nitrogen and oxygen atoms in total. The summed E-state index contributed by atoms with van der Waals surface area (Å²) < 4.78 is 5.53. The lowest BCUT2D eigenvalue weighted by Crippen LogP contribution is -2.34. The molecule has 1 amide bonds. The van der Waals surface area contributed by atoms with Crippen molar-refractivity contribution in [2.24, 2.45) is 11.8 Å². The monoisotopic (exact) mass is 419 g/mol. The number of carbonyl (C=O) groups is 1. The first kappa shape index (κ1) is 19.5. The van der Waals surface area contributed by atoms with Gasteiger partial charge in [0.15, 0.2) is 0 Å². The van der Waals surface area contributed by atoms with Gasteiger partial charge in [-0.3, -0.25) is 4.79 Å². The molecule has 160 valence electrons. The third-order valence-corrected chi connectivity index (χ3v) is 6.18. The number of rotatable bonds is 4. The number of H-pyrrole nitrogens is 1. The number of amides is 1. The van der Waals surface area contributed by atoms with Crippen LogP contribution in [0.1, 0.15) is 21.7 Å². The van der Waals surface area contributed by atoms with Gasteiger partial charge in [-0.05, 0) is 26.0 Å². The minimum absolute atomic E-state index is 0.0287. The molecule has 2 aliphatic rings. The van der Waals surface area contributed by atoms with Crippen molar-refractivity contribution in [3.63, 3.8) is 0 Å². The van der Waals surface area contributed by atoms with Crippen molar-refractivity contribution in [3.05, 3.63) is 47.4 Å². The van der Waals surface area contributed by atoms with Crippen LogP contribution in [0.3, 0.4) is 0 Å². The zero-order chi connectivity index (χ0) is 21.5. The third-order valence-electron chi connectivity index (χ3n) is 6.18. The molecule has 3 aromatic rings. The molecule has 31 heavy (non-hydrogen) atoms. The molecular weight excluding hydrogens is 394 g/mol. The highest BCUT2D eigenvalue weighted by molar-refractivity contribution is 6.03. The van der Waals surface area contributed by atoms with Crippen molar-refractivity contribution >= 4 is 11.9 Å². The minimum atomic E-state index is -0.0287. The van der Waals surface area contributed by atoms with E-state index in [1.807, 2.05) is 43.0 Å². The number of hydrogen-bond donors (Lipinski definition) is 1. The summed E-state index contributed by atoms with van der Waals surface area (Å²) in [6.07, 6.45) is 1.62. The SMILES string of the molecule is COc1cccc(-c2cn[nH]n2)c1C(=O)N1CC2CN(c3nc(C)cc(C)n3)CC2C1. The number of nitrogens with one attached hydrogen (secondary N) is 1. The molecule has 2 aliphatic heterocycles. The van der Waals surface area contributed by atoms with E-state index in [0.717, 1.165) is 36.0 Å². The number of likely N-dealkylation sites (tertiary alicyclic amines) is 1. The van der Waals surface area contributed by atoms with Crippen LogP contribution in [0.15, 0.2) is 30.5 Å². The Morgan fingerprint density at radius 3 is 2.42 bits per heavy atom. The van der Waals surface area contributed by atoms with Gasteiger partial charge in [0, 0.05) is 55.0 Å². The first-order valence-corrected chi connectivity index (χ1v) is 10.4. The highest BCUT2D eigenvalue weighted by Crippen LogP contribution is 2.36. The number of nitrogens with zero attached hydrogens (tertiary/aromatic N) is 6. The van der Waals surface area contributed by atoms with Crippen molar-refractivity contribution in [3.8, 4) is 17.0 Å². The Kier molecular flexibility index (Phi) is 4.80. The molecule has 2 atom stereocenters. The highest BCUT2D eigenvalue weighted by Gasteiger charge is 2.43. The molecule has 4 heterocycles. The Labute approximate surface area is 180 Å². The third kappa shape index (κ3) is 3.49. The Balaban J connectivity index is 1.36. The Morgan fingerprint density at radius 1 is 1.10 bits per heavy atom. The summed E-state index contributed by atoms with van der Waals surface area (Å²) in [6, 6.07) is 7.54. The van der Waals surface area contributed by atoms with Gasteiger partial charge < -0.3 is 14.5 Å². The van der Waals surface area contributed by atoms with E-state index in [2.05, 4.69) is 30.3 Å². The smallest absolute Gasteiger partial charge is 0.258 e. The minimum Gasteiger partial charge on any atom is -0.496 e. The first-order chi connectivity index (χ1) is 15.0. The molecular formula is C22H25N7O2. The van der Waals surface area contributed by atoms with Crippen LogP contribution in [0.25, 0.3) is 11.3 Å². The van der Waals surface area contributed by atoms with Crippen LogP contribution >= 0.6 is 0 Å². The average molecular weight is 419 g/mol. The molecule has 5 rings (SSSR count). The van der Waals surface area contributed by atoms with Crippen molar-refractivity contribution in [2.75, 3.05) is 38.2 Å². The van der Waals surface area contributed by atoms with Crippen molar-refractivity contribution in [1.29, 1.82) is 0 Å². The number of benzene rings is 1. The van der Waals surface area contributed by atoms with Crippen LogP contribution in [0.4, 0.5) is 5.95 Å². The molecule has 0 bridgehead atoms. The number of fused-ring (bicyclic) bond motifs is 1. The van der Waals surface area contributed by atoms with E-state index < -0.39 is 0 Å². The number of aryl methyl sites for hydroxylation is 2. The average Bonchev–Trinajstić information content (AvgIpc) is 3.48. The van der Waals surface area contributed by atoms with E-state index in [0.29, 0.717) is 41.9 Å². The van der Waals surface area contributed by atoms with Crippen LogP contribution in [0.2, 0.25) is 0 Å². The fourth-order valence-corrected chi connectivity index (χ4v) is 4.80. The highest BCUT2D eigenvalue weighted by atomic mass is 16.5. The number of carbonyl (C=O) groups excluding carboxylic acids is 1. The summed E-state index contributed by atoms with van der Waals surface area (Å²) >= 11 is 0. The summed E-state index contributed by atoms with van der Waals surface area (Å²) in [5.74, 6) is 2.12. The van der Waals surface area contributed by atoms with Crippen molar-refractivity contribution in [2.45, 2.75) is 13.8 Å². The lowest BCUT2D eigenvalue weighted by Gasteiger charge is -2.23. The topological polar surface area (TPSA) is 100 Å². The molecule has 2 unspecified atom stereocenters. The van der Waals surface area contributed by atoms with Gasteiger partial charge >= 0.3 is 0 Å². The molecule has 0 saturated carbocycles. The molecule has 1 N–H and O–H groups in total. The summed E-state index contributed by atoms with van der Waals surface area (Å²) in [4.78, 5) is 27.0. The zero-order valence-corrected chi connectivity index (χ0v) is 17.9. The quantitative estimate of drug-likeness (QED) is 0.691. The van der Waals surface area contributed by atoms with Gasteiger partial charge in [-0.25, -0.2) is 9.97 Å².